The van der Waals surface area contributed by atoms with E-state index in [1.165, 1.54) is 7.11 Å². The second-order valence-electron chi connectivity index (χ2n) is 4.27. The summed E-state index contributed by atoms with van der Waals surface area (Å²) in [6, 6.07) is 9.57. The van der Waals surface area contributed by atoms with E-state index in [1.807, 2.05) is 41.2 Å². The Kier molecular flexibility index (Phi) is 4.30. The molecule has 1 unspecified atom stereocenters. The molecule has 0 fully saturated rings. The normalized spacial score (nSPS) is 12.1. The van der Waals surface area contributed by atoms with Gasteiger partial charge in [-0.05, 0) is 30.7 Å². The maximum Gasteiger partial charge on any atom is 0.253 e. The van der Waals surface area contributed by atoms with E-state index in [4.69, 9.17) is 4.74 Å². The third-order valence-corrected chi connectivity index (χ3v) is 2.85. The number of amides is 1. The van der Waals surface area contributed by atoms with Crippen molar-refractivity contribution in [3.05, 3.63) is 48.3 Å². The van der Waals surface area contributed by atoms with E-state index in [9.17, 15) is 4.79 Å². The highest BCUT2D eigenvalue weighted by Crippen LogP contribution is 2.11. The van der Waals surface area contributed by atoms with Crippen molar-refractivity contribution in [3.8, 4) is 0 Å². The number of nitrogens with zero attached hydrogens (tertiary/aromatic N) is 2. The predicted octanol–water partition coefficient (Wildman–Crippen LogP) is 1.90. The smallest absolute Gasteiger partial charge is 0.253 e. The average molecular weight is 259 g/mol. The summed E-state index contributed by atoms with van der Waals surface area (Å²) in [5.74, 6) is -0.151. The summed E-state index contributed by atoms with van der Waals surface area (Å²) in [4.78, 5) is 11.6. The molecule has 0 aliphatic rings. The zero-order chi connectivity index (χ0) is 13.7. The van der Waals surface area contributed by atoms with Gasteiger partial charge in [0.2, 0.25) is 0 Å². The zero-order valence-corrected chi connectivity index (χ0v) is 11.0. The summed E-state index contributed by atoms with van der Waals surface area (Å²) in [5, 5.41) is 6.94. The van der Waals surface area contributed by atoms with Crippen molar-refractivity contribution in [1.82, 2.24) is 9.78 Å². The second kappa shape index (κ2) is 6.15. The quantitative estimate of drug-likeness (QED) is 0.892. The Labute approximate surface area is 112 Å². The first-order chi connectivity index (χ1) is 9.19. The second-order valence-corrected chi connectivity index (χ2v) is 4.27. The minimum atomic E-state index is -0.455. The molecule has 5 nitrogen and oxygen atoms in total. The van der Waals surface area contributed by atoms with Gasteiger partial charge >= 0.3 is 0 Å². The van der Waals surface area contributed by atoms with Crippen LogP contribution in [0.3, 0.4) is 0 Å². The lowest BCUT2D eigenvalue weighted by Crippen LogP contribution is -2.26. The van der Waals surface area contributed by atoms with Gasteiger partial charge in [0.05, 0.1) is 6.54 Å². The van der Waals surface area contributed by atoms with Crippen molar-refractivity contribution in [1.29, 1.82) is 0 Å². The van der Waals surface area contributed by atoms with E-state index in [2.05, 4.69) is 10.4 Å². The molecule has 1 heterocycles. The molecule has 2 aromatic rings. The van der Waals surface area contributed by atoms with Gasteiger partial charge in [0.25, 0.3) is 5.91 Å². The number of ether oxygens (including phenoxy) is 1. The largest absolute Gasteiger partial charge is 0.372 e. The molecule has 1 atom stereocenters. The molecule has 2 rings (SSSR count). The van der Waals surface area contributed by atoms with Crippen LogP contribution in [0.25, 0.3) is 0 Å². The highest BCUT2D eigenvalue weighted by molar-refractivity contribution is 5.93. The Morgan fingerprint density at radius 1 is 1.42 bits per heavy atom. The number of hydrogen-bond donors (Lipinski definition) is 1. The topological polar surface area (TPSA) is 56.1 Å². The van der Waals surface area contributed by atoms with Gasteiger partial charge < -0.3 is 10.1 Å². The standard InChI is InChI=1S/C14H17N3O2/c1-11(19-2)14(18)16-13-6-4-12(5-7-13)10-17-9-3-8-15-17/h3-9,11H,10H2,1-2H3,(H,16,18). The third-order valence-electron chi connectivity index (χ3n) is 2.85. The molecule has 1 amide bonds. The number of carbonyl (C=O) groups is 1. The third kappa shape index (κ3) is 3.66. The van der Waals surface area contributed by atoms with E-state index in [1.54, 1.807) is 13.1 Å². The van der Waals surface area contributed by atoms with E-state index >= 15 is 0 Å². The molecular weight excluding hydrogens is 242 g/mol. The Morgan fingerprint density at radius 3 is 2.74 bits per heavy atom. The summed E-state index contributed by atoms with van der Waals surface area (Å²) in [5.41, 5.74) is 1.89. The lowest BCUT2D eigenvalue weighted by atomic mass is 10.2. The van der Waals surface area contributed by atoms with Crippen LogP contribution in [0.1, 0.15) is 12.5 Å². The van der Waals surface area contributed by atoms with E-state index in [0.717, 1.165) is 17.8 Å². The van der Waals surface area contributed by atoms with E-state index in [-0.39, 0.29) is 5.91 Å². The van der Waals surface area contributed by atoms with Gasteiger partial charge in [-0.3, -0.25) is 9.48 Å². The minimum absolute atomic E-state index is 0.151. The maximum absolute atomic E-state index is 11.6. The van der Waals surface area contributed by atoms with Crippen LogP contribution < -0.4 is 5.32 Å². The summed E-state index contributed by atoms with van der Waals surface area (Å²) in [6.45, 7) is 2.43. The summed E-state index contributed by atoms with van der Waals surface area (Å²) in [6.07, 6.45) is 3.21. The highest BCUT2D eigenvalue weighted by atomic mass is 16.5. The minimum Gasteiger partial charge on any atom is -0.372 e. The Balaban J connectivity index is 1.96. The molecule has 5 heteroatoms. The van der Waals surface area contributed by atoms with Crippen LogP contribution in [0.2, 0.25) is 0 Å². The molecule has 0 aliphatic heterocycles. The van der Waals surface area contributed by atoms with Crippen LogP contribution >= 0.6 is 0 Å². The lowest BCUT2D eigenvalue weighted by molar-refractivity contribution is -0.124. The fourth-order valence-electron chi connectivity index (χ4n) is 1.63. The summed E-state index contributed by atoms with van der Waals surface area (Å²) < 4.78 is 6.80. The van der Waals surface area contributed by atoms with Crippen molar-refractivity contribution in [3.63, 3.8) is 0 Å². The van der Waals surface area contributed by atoms with Crippen LogP contribution in [0, 0.1) is 0 Å². The molecule has 19 heavy (non-hydrogen) atoms. The molecule has 0 saturated heterocycles. The average Bonchev–Trinajstić information content (AvgIpc) is 2.93. The molecular formula is C14H17N3O2. The van der Waals surface area contributed by atoms with Crippen molar-refractivity contribution >= 4 is 11.6 Å². The number of carbonyl (C=O) groups excluding carboxylic acids is 1. The van der Waals surface area contributed by atoms with Crippen LogP contribution in [-0.4, -0.2) is 28.9 Å². The Hall–Kier alpha value is -2.14. The van der Waals surface area contributed by atoms with Gasteiger partial charge in [-0.15, -0.1) is 0 Å². The first-order valence-corrected chi connectivity index (χ1v) is 6.09. The molecule has 100 valence electrons. The van der Waals surface area contributed by atoms with Crippen LogP contribution in [0.5, 0.6) is 0 Å². The highest BCUT2D eigenvalue weighted by Gasteiger charge is 2.11. The molecule has 1 N–H and O–H groups in total. The van der Waals surface area contributed by atoms with Gasteiger partial charge in [-0.2, -0.15) is 5.10 Å². The van der Waals surface area contributed by atoms with Crippen LogP contribution in [-0.2, 0) is 16.1 Å². The molecule has 1 aromatic heterocycles. The van der Waals surface area contributed by atoms with Crippen molar-refractivity contribution < 1.29 is 9.53 Å². The predicted molar refractivity (Wildman–Crippen MR) is 72.9 cm³/mol. The molecule has 0 aliphatic carbocycles. The van der Waals surface area contributed by atoms with Gasteiger partial charge in [0.1, 0.15) is 6.10 Å². The number of benzene rings is 1. The van der Waals surface area contributed by atoms with E-state index in [0.29, 0.717) is 0 Å². The van der Waals surface area contributed by atoms with Crippen LogP contribution in [0.15, 0.2) is 42.7 Å². The molecule has 0 saturated carbocycles. The SMILES string of the molecule is COC(C)C(=O)Nc1ccc(Cn2cccn2)cc1. The lowest BCUT2D eigenvalue weighted by Gasteiger charge is -2.10. The van der Waals surface area contributed by atoms with Crippen LogP contribution in [0.4, 0.5) is 5.69 Å². The van der Waals surface area contributed by atoms with Crippen molar-refractivity contribution in [2.45, 2.75) is 19.6 Å². The Morgan fingerprint density at radius 2 is 2.16 bits per heavy atom. The number of nitrogens with one attached hydrogen (secondary N) is 1. The van der Waals surface area contributed by atoms with Crippen molar-refractivity contribution in [2.75, 3.05) is 12.4 Å². The fourth-order valence-corrected chi connectivity index (χ4v) is 1.63. The summed E-state index contributed by atoms with van der Waals surface area (Å²) in [7, 11) is 1.51. The first-order valence-electron chi connectivity index (χ1n) is 6.09. The Bertz CT molecular complexity index is 520. The van der Waals surface area contributed by atoms with Gasteiger partial charge in [-0.1, -0.05) is 12.1 Å². The van der Waals surface area contributed by atoms with Gasteiger partial charge in [0.15, 0.2) is 0 Å². The number of aromatic nitrogens is 2. The summed E-state index contributed by atoms with van der Waals surface area (Å²) >= 11 is 0. The zero-order valence-electron chi connectivity index (χ0n) is 11.0. The van der Waals surface area contributed by atoms with Crippen molar-refractivity contribution in [2.24, 2.45) is 0 Å². The fraction of sp³-hybridized carbons (Fsp3) is 0.286. The number of hydrogen-bond acceptors (Lipinski definition) is 3. The number of methoxy groups -OCH3 is 1. The van der Waals surface area contributed by atoms with E-state index < -0.39 is 6.10 Å². The van der Waals surface area contributed by atoms with Gasteiger partial charge in [-0.25, -0.2) is 0 Å². The molecule has 1 aromatic carbocycles. The maximum atomic E-state index is 11.6. The molecule has 0 radical (unpaired) electrons. The van der Waals surface area contributed by atoms with Gasteiger partial charge in [0, 0.05) is 25.2 Å². The molecule has 0 bridgehead atoms. The monoisotopic (exact) mass is 259 g/mol. The first kappa shape index (κ1) is 13.3. The number of anilines is 1. The molecule has 0 spiro atoms. The number of rotatable bonds is 5.